The number of ketones is 1. The summed E-state index contributed by atoms with van der Waals surface area (Å²) in [4.78, 5) is 25.5. The molecule has 0 radical (unpaired) electrons. The number of hydrogen-bond donors (Lipinski definition) is 0. The maximum Gasteiger partial charge on any atom is 0.343 e. The standard InChI is InChI=1S/C22H22O5S/c1-13-12-18(21(24)27-17-6-4-16(5-7-17)15(3)23)14(2)19-20(13)28-11-8-22(19)25-9-10-26-22/h4-7,12H,8-11H2,1-3H3. The number of benzene rings is 2. The fourth-order valence-electron chi connectivity index (χ4n) is 3.82. The molecule has 2 aromatic carbocycles. The Labute approximate surface area is 168 Å². The van der Waals surface area contributed by atoms with Crippen LogP contribution in [0.4, 0.5) is 0 Å². The van der Waals surface area contributed by atoms with E-state index in [2.05, 4.69) is 0 Å². The van der Waals surface area contributed by atoms with Gasteiger partial charge in [0.2, 0.25) is 0 Å². The van der Waals surface area contributed by atoms with Gasteiger partial charge in [-0.25, -0.2) is 4.79 Å². The number of Topliss-reactive ketones (excluding diaryl/α,β-unsaturated/α-hetero) is 1. The van der Waals surface area contributed by atoms with Crippen molar-refractivity contribution in [2.45, 2.75) is 37.9 Å². The average Bonchev–Trinajstić information content (AvgIpc) is 3.13. The normalized spacial score (nSPS) is 17.4. The number of ether oxygens (including phenoxy) is 3. The van der Waals surface area contributed by atoms with E-state index in [1.807, 2.05) is 19.9 Å². The number of carbonyl (C=O) groups excluding carboxylic acids is 2. The zero-order valence-electron chi connectivity index (χ0n) is 16.2. The molecular weight excluding hydrogens is 376 g/mol. The molecule has 1 fully saturated rings. The van der Waals surface area contributed by atoms with E-state index in [4.69, 9.17) is 14.2 Å². The molecule has 0 unspecified atom stereocenters. The van der Waals surface area contributed by atoms with Crippen LogP contribution in [0.15, 0.2) is 35.2 Å². The van der Waals surface area contributed by atoms with E-state index < -0.39 is 11.8 Å². The zero-order chi connectivity index (χ0) is 19.9. The van der Waals surface area contributed by atoms with Crippen LogP contribution in [0.2, 0.25) is 0 Å². The van der Waals surface area contributed by atoms with Gasteiger partial charge in [-0.15, -0.1) is 11.8 Å². The van der Waals surface area contributed by atoms with Crippen molar-refractivity contribution in [3.8, 4) is 5.75 Å². The van der Waals surface area contributed by atoms with Crippen molar-refractivity contribution < 1.29 is 23.8 Å². The van der Waals surface area contributed by atoms with Crippen LogP contribution >= 0.6 is 11.8 Å². The van der Waals surface area contributed by atoms with Crippen LogP contribution in [0.25, 0.3) is 0 Å². The second-order valence-corrected chi connectivity index (χ2v) is 8.19. The van der Waals surface area contributed by atoms with Crippen molar-refractivity contribution in [3.63, 3.8) is 0 Å². The molecule has 2 aromatic rings. The molecule has 146 valence electrons. The first-order valence-electron chi connectivity index (χ1n) is 9.30. The van der Waals surface area contributed by atoms with Gasteiger partial charge in [-0.3, -0.25) is 4.79 Å². The van der Waals surface area contributed by atoms with Gasteiger partial charge in [0.05, 0.1) is 18.8 Å². The lowest BCUT2D eigenvalue weighted by molar-refractivity contribution is -0.170. The Hall–Kier alpha value is -2.15. The topological polar surface area (TPSA) is 61.8 Å². The molecule has 1 saturated heterocycles. The third-order valence-corrected chi connectivity index (χ3v) is 6.45. The Kier molecular flexibility index (Phi) is 5.04. The van der Waals surface area contributed by atoms with E-state index in [0.29, 0.717) is 30.1 Å². The number of aryl methyl sites for hydroxylation is 1. The molecule has 28 heavy (non-hydrogen) atoms. The zero-order valence-corrected chi connectivity index (χ0v) is 17.0. The Morgan fingerprint density at radius 1 is 1.11 bits per heavy atom. The summed E-state index contributed by atoms with van der Waals surface area (Å²) in [6.45, 7) is 6.53. The van der Waals surface area contributed by atoms with E-state index in [1.54, 1.807) is 36.0 Å². The third-order valence-electron chi connectivity index (χ3n) is 5.23. The maximum atomic E-state index is 12.9. The van der Waals surface area contributed by atoms with Crippen molar-refractivity contribution in [2.24, 2.45) is 0 Å². The lowest BCUT2D eigenvalue weighted by Crippen LogP contribution is -2.33. The molecule has 0 aliphatic carbocycles. The molecule has 5 nitrogen and oxygen atoms in total. The largest absolute Gasteiger partial charge is 0.423 e. The highest BCUT2D eigenvalue weighted by atomic mass is 32.2. The minimum Gasteiger partial charge on any atom is -0.423 e. The van der Waals surface area contributed by atoms with Gasteiger partial charge in [0.1, 0.15) is 5.75 Å². The number of thioether (sulfide) groups is 1. The molecule has 0 amide bonds. The molecule has 0 N–H and O–H groups in total. The molecular formula is C22H22O5S. The van der Waals surface area contributed by atoms with Gasteiger partial charge in [0.15, 0.2) is 11.6 Å². The predicted molar refractivity (Wildman–Crippen MR) is 106 cm³/mol. The lowest BCUT2D eigenvalue weighted by Gasteiger charge is -2.36. The molecule has 0 aromatic heterocycles. The first-order valence-corrected chi connectivity index (χ1v) is 10.3. The number of hydrogen-bond acceptors (Lipinski definition) is 6. The van der Waals surface area contributed by atoms with Crippen molar-refractivity contribution >= 4 is 23.5 Å². The van der Waals surface area contributed by atoms with Gasteiger partial charge in [-0.2, -0.15) is 0 Å². The fraction of sp³-hybridized carbons (Fsp3) is 0.364. The summed E-state index contributed by atoms with van der Waals surface area (Å²) in [7, 11) is 0. The smallest absolute Gasteiger partial charge is 0.343 e. The van der Waals surface area contributed by atoms with Crippen LogP contribution < -0.4 is 4.74 Å². The predicted octanol–water partition coefficient (Wildman–Crippen LogP) is 4.42. The molecule has 0 atom stereocenters. The van der Waals surface area contributed by atoms with Crippen LogP contribution in [-0.2, 0) is 15.3 Å². The molecule has 2 heterocycles. The Morgan fingerprint density at radius 2 is 1.79 bits per heavy atom. The van der Waals surface area contributed by atoms with Gasteiger partial charge < -0.3 is 14.2 Å². The highest BCUT2D eigenvalue weighted by molar-refractivity contribution is 7.99. The summed E-state index contributed by atoms with van der Waals surface area (Å²) < 4.78 is 17.6. The quantitative estimate of drug-likeness (QED) is 0.433. The summed E-state index contributed by atoms with van der Waals surface area (Å²) in [5.41, 5.74) is 3.89. The van der Waals surface area contributed by atoms with E-state index in [1.165, 1.54) is 6.92 Å². The van der Waals surface area contributed by atoms with E-state index in [0.717, 1.165) is 33.8 Å². The summed E-state index contributed by atoms with van der Waals surface area (Å²) in [5.74, 6) is 0.109. The highest BCUT2D eigenvalue weighted by Gasteiger charge is 2.45. The minimum absolute atomic E-state index is 0.0293. The van der Waals surface area contributed by atoms with Crippen LogP contribution in [0.5, 0.6) is 5.75 Å². The van der Waals surface area contributed by atoms with E-state index in [9.17, 15) is 9.59 Å². The Balaban J connectivity index is 1.69. The van der Waals surface area contributed by atoms with Crippen LogP contribution in [0.3, 0.4) is 0 Å². The summed E-state index contributed by atoms with van der Waals surface area (Å²) in [5, 5.41) is 0. The van der Waals surface area contributed by atoms with Crippen LogP contribution in [0.1, 0.15) is 50.8 Å². The van der Waals surface area contributed by atoms with Gasteiger partial charge >= 0.3 is 5.97 Å². The molecule has 0 bridgehead atoms. The molecule has 6 heteroatoms. The summed E-state index contributed by atoms with van der Waals surface area (Å²) in [6.07, 6.45) is 0.760. The first kappa shape index (κ1) is 19.2. The van der Waals surface area contributed by atoms with Crippen molar-refractivity contribution in [3.05, 3.63) is 58.1 Å². The summed E-state index contributed by atoms with van der Waals surface area (Å²) >= 11 is 1.77. The maximum absolute atomic E-state index is 12.9. The molecule has 2 aliphatic heterocycles. The van der Waals surface area contributed by atoms with Crippen LogP contribution in [-0.4, -0.2) is 30.7 Å². The van der Waals surface area contributed by atoms with Crippen LogP contribution in [0, 0.1) is 13.8 Å². The number of fused-ring (bicyclic) bond motifs is 2. The number of rotatable bonds is 3. The molecule has 0 saturated carbocycles. The molecule has 2 aliphatic rings. The molecule has 1 spiro atoms. The van der Waals surface area contributed by atoms with Crippen molar-refractivity contribution in [1.29, 1.82) is 0 Å². The van der Waals surface area contributed by atoms with Gasteiger partial charge in [-0.05, 0) is 62.2 Å². The highest BCUT2D eigenvalue weighted by Crippen LogP contribution is 2.49. The van der Waals surface area contributed by atoms with Gasteiger partial charge in [0, 0.05) is 28.2 Å². The number of carbonyl (C=O) groups is 2. The molecule has 4 rings (SSSR count). The summed E-state index contributed by atoms with van der Waals surface area (Å²) in [6, 6.07) is 8.45. The van der Waals surface area contributed by atoms with Gasteiger partial charge in [-0.1, -0.05) is 0 Å². The average molecular weight is 398 g/mol. The minimum atomic E-state index is -0.755. The Bertz CT molecular complexity index is 942. The number of esters is 1. The SMILES string of the molecule is CC(=O)c1ccc(OC(=O)c2cc(C)c3c(c2C)C2(CCS3)OCCO2)cc1. The monoisotopic (exact) mass is 398 g/mol. The fourth-order valence-corrected chi connectivity index (χ4v) is 5.14. The second-order valence-electron chi connectivity index (χ2n) is 7.09. The second kappa shape index (κ2) is 7.35. The van der Waals surface area contributed by atoms with Crippen molar-refractivity contribution in [2.75, 3.05) is 19.0 Å². The van der Waals surface area contributed by atoms with E-state index >= 15 is 0 Å². The Morgan fingerprint density at radius 3 is 2.43 bits per heavy atom. The third kappa shape index (κ3) is 3.26. The van der Waals surface area contributed by atoms with Gasteiger partial charge in [0.25, 0.3) is 0 Å². The lowest BCUT2D eigenvalue weighted by atomic mass is 9.91. The van der Waals surface area contributed by atoms with Crippen molar-refractivity contribution in [1.82, 2.24) is 0 Å². The van der Waals surface area contributed by atoms with E-state index in [-0.39, 0.29) is 5.78 Å². The first-order chi connectivity index (χ1) is 13.4.